The van der Waals surface area contributed by atoms with Crippen molar-refractivity contribution in [2.45, 2.75) is 19.6 Å². The fourth-order valence-electron chi connectivity index (χ4n) is 4.38. The molecule has 0 saturated heterocycles. The van der Waals surface area contributed by atoms with E-state index in [4.69, 9.17) is 15.6 Å². The monoisotopic (exact) mass is 545 g/mol. The molecule has 0 aliphatic heterocycles. The Morgan fingerprint density at radius 2 is 1.82 bits per heavy atom. The van der Waals surface area contributed by atoms with E-state index in [2.05, 4.69) is 20.0 Å². The number of rotatable bonds is 8. The van der Waals surface area contributed by atoms with Crippen molar-refractivity contribution in [1.29, 1.82) is 5.41 Å². The fraction of sp³-hybridized carbons (Fsp3) is 0.103. The summed E-state index contributed by atoms with van der Waals surface area (Å²) >= 11 is 0. The molecule has 0 saturated carbocycles. The summed E-state index contributed by atoms with van der Waals surface area (Å²) in [6.07, 6.45) is 1.20. The van der Waals surface area contributed by atoms with Crippen LogP contribution >= 0.6 is 0 Å². The second-order valence-corrected chi connectivity index (χ2v) is 8.81. The highest BCUT2D eigenvalue weighted by Gasteiger charge is 2.24. The SMILES string of the molecule is CC(Nc1ncnc(N)c1C(=N)c1cccc(OC(F)F)c1)c1oc2ccccc2c(=O)c1-c1cccc(F)c1. The zero-order valence-corrected chi connectivity index (χ0v) is 21.0. The van der Waals surface area contributed by atoms with Crippen molar-refractivity contribution in [2.75, 3.05) is 11.1 Å². The minimum Gasteiger partial charge on any atom is -0.458 e. The number of fused-ring (bicyclic) bond motifs is 1. The van der Waals surface area contributed by atoms with Crippen molar-refractivity contribution in [3.8, 4) is 16.9 Å². The molecule has 40 heavy (non-hydrogen) atoms. The third-order valence-electron chi connectivity index (χ3n) is 6.16. The van der Waals surface area contributed by atoms with Gasteiger partial charge in [-0.1, -0.05) is 36.4 Å². The van der Waals surface area contributed by atoms with E-state index in [1.807, 2.05) is 0 Å². The number of alkyl halides is 2. The van der Waals surface area contributed by atoms with E-state index in [1.54, 1.807) is 37.3 Å². The van der Waals surface area contributed by atoms with Gasteiger partial charge in [0.05, 0.1) is 28.3 Å². The normalized spacial score (nSPS) is 11.9. The molecule has 0 fully saturated rings. The van der Waals surface area contributed by atoms with E-state index in [0.717, 1.165) is 0 Å². The number of nitrogens with zero attached hydrogens (tertiary/aromatic N) is 2. The quantitative estimate of drug-likeness (QED) is 0.199. The van der Waals surface area contributed by atoms with Crippen LogP contribution in [-0.4, -0.2) is 22.3 Å². The second kappa shape index (κ2) is 10.9. The van der Waals surface area contributed by atoms with Gasteiger partial charge in [-0.2, -0.15) is 8.78 Å². The summed E-state index contributed by atoms with van der Waals surface area (Å²) in [5.74, 6) is -0.357. The molecule has 0 bridgehead atoms. The first kappa shape index (κ1) is 26.4. The molecule has 2 aromatic heterocycles. The molecule has 0 radical (unpaired) electrons. The Kier molecular flexibility index (Phi) is 7.19. The highest BCUT2D eigenvalue weighted by molar-refractivity contribution is 6.16. The molecule has 0 amide bonds. The molecule has 2 heterocycles. The summed E-state index contributed by atoms with van der Waals surface area (Å²) in [4.78, 5) is 21.8. The molecule has 0 spiro atoms. The number of aromatic nitrogens is 2. The molecule has 5 rings (SSSR count). The van der Waals surface area contributed by atoms with Crippen LogP contribution < -0.4 is 21.2 Å². The van der Waals surface area contributed by atoms with Gasteiger partial charge in [-0.15, -0.1) is 0 Å². The predicted molar refractivity (Wildman–Crippen MR) is 145 cm³/mol. The number of hydrogen-bond donors (Lipinski definition) is 3. The van der Waals surface area contributed by atoms with Crippen LogP contribution in [0.4, 0.5) is 24.8 Å². The van der Waals surface area contributed by atoms with Crippen LogP contribution in [0.5, 0.6) is 5.75 Å². The number of nitrogen functional groups attached to an aromatic ring is 1. The van der Waals surface area contributed by atoms with Crippen LogP contribution in [0.15, 0.2) is 88.3 Å². The van der Waals surface area contributed by atoms with Gasteiger partial charge in [0, 0.05) is 5.56 Å². The van der Waals surface area contributed by atoms with Gasteiger partial charge in [0.25, 0.3) is 0 Å². The first-order valence-corrected chi connectivity index (χ1v) is 12.1. The lowest BCUT2D eigenvalue weighted by molar-refractivity contribution is -0.0498. The van der Waals surface area contributed by atoms with Crippen LogP contribution in [0.2, 0.25) is 0 Å². The maximum absolute atomic E-state index is 14.2. The molecule has 11 heteroatoms. The van der Waals surface area contributed by atoms with Crippen molar-refractivity contribution in [2.24, 2.45) is 0 Å². The standard InChI is InChI=1S/C29H22F3N5O3/c1-15(26-22(16-6-4-8-18(30)12-16)25(38)20-10-2-3-11-21(20)40-26)37-28-23(27(34)35-14-36-28)24(33)17-7-5-9-19(13-17)39-29(31)32/h2-15,29,33H,1H3,(H3,34,35,36,37). The number of benzene rings is 3. The van der Waals surface area contributed by atoms with Gasteiger partial charge < -0.3 is 20.2 Å². The Balaban J connectivity index is 1.59. The highest BCUT2D eigenvalue weighted by atomic mass is 19.3. The maximum Gasteiger partial charge on any atom is 0.387 e. The molecule has 0 aliphatic rings. The van der Waals surface area contributed by atoms with Crippen LogP contribution in [0, 0.1) is 11.2 Å². The Hall–Kier alpha value is -5.19. The molecule has 5 aromatic rings. The second-order valence-electron chi connectivity index (χ2n) is 8.81. The van der Waals surface area contributed by atoms with Gasteiger partial charge in [-0.3, -0.25) is 10.2 Å². The summed E-state index contributed by atoms with van der Waals surface area (Å²) in [7, 11) is 0. The first-order chi connectivity index (χ1) is 19.2. The van der Waals surface area contributed by atoms with Gasteiger partial charge in [0.1, 0.15) is 40.9 Å². The molecule has 3 aromatic carbocycles. The summed E-state index contributed by atoms with van der Waals surface area (Å²) in [5, 5.41) is 12.2. The average Bonchev–Trinajstić information content (AvgIpc) is 2.92. The molecular formula is C29H22F3N5O3. The molecule has 1 atom stereocenters. The number of halogens is 3. The lowest BCUT2D eigenvalue weighted by atomic mass is 9.98. The lowest BCUT2D eigenvalue weighted by Gasteiger charge is -2.20. The van der Waals surface area contributed by atoms with Gasteiger partial charge in [-0.25, -0.2) is 14.4 Å². The van der Waals surface area contributed by atoms with E-state index >= 15 is 0 Å². The van der Waals surface area contributed by atoms with Crippen molar-refractivity contribution in [3.05, 3.63) is 112 Å². The van der Waals surface area contributed by atoms with Crippen LogP contribution in [0.1, 0.15) is 29.9 Å². The zero-order chi connectivity index (χ0) is 28.4. The third-order valence-corrected chi connectivity index (χ3v) is 6.16. The maximum atomic E-state index is 14.2. The minimum absolute atomic E-state index is 0.0415. The smallest absolute Gasteiger partial charge is 0.387 e. The van der Waals surface area contributed by atoms with Crippen molar-refractivity contribution in [1.82, 2.24) is 9.97 Å². The number of nitrogens with two attached hydrogens (primary N) is 1. The summed E-state index contributed by atoms with van der Waals surface area (Å²) in [5.41, 5.74) is 6.78. The van der Waals surface area contributed by atoms with E-state index < -0.39 is 18.5 Å². The van der Waals surface area contributed by atoms with Crippen molar-refractivity contribution < 1.29 is 22.3 Å². The van der Waals surface area contributed by atoms with E-state index in [1.165, 1.54) is 48.8 Å². The van der Waals surface area contributed by atoms with E-state index in [0.29, 0.717) is 16.5 Å². The topological polar surface area (TPSA) is 127 Å². The van der Waals surface area contributed by atoms with E-state index in [9.17, 15) is 18.0 Å². The molecule has 1 unspecified atom stereocenters. The Morgan fingerprint density at radius 1 is 1.05 bits per heavy atom. The highest BCUT2D eigenvalue weighted by Crippen LogP contribution is 2.33. The van der Waals surface area contributed by atoms with Crippen LogP contribution in [0.3, 0.4) is 0 Å². The van der Waals surface area contributed by atoms with Crippen LogP contribution in [-0.2, 0) is 0 Å². The zero-order valence-electron chi connectivity index (χ0n) is 21.0. The number of nitrogens with one attached hydrogen (secondary N) is 2. The summed E-state index contributed by atoms with van der Waals surface area (Å²) in [6.45, 7) is -1.32. The third kappa shape index (κ3) is 5.21. The predicted octanol–water partition coefficient (Wildman–Crippen LogP) is 6.16. The fourth-order valence-corrected chi connectivity index (χ4v) is 4.38. The van der Waals surface area contributed by atoms with Crippen molar-refractivity contribution >= 4 is 28.3 Å². The van der Waals surface area contributed by atoms with Gasteiger partial charge >= 0.3 is 6.61 Å². The number of anilines is 2. The average molecular weight is 546 g/mol. The largest absolute Gasteiger partial charge is 0.458 e. The lowest BCUT2D eigenvalue weighted by Crippen LogP contribution is -2.19. The molecule has 202 valence electrons. The van der Waals surface area contributed by atoms with Crippen LogP contribution in [0.25, 0.3) is 22.1 Å². The molecule has 4 N–H and O–H groups in total. The summed E-state index contributed by atoms with van der Waals surface area (Å²) < 4.78 is 50.3. The Labute approximate surface area is 225 Å². The van der Waals surface area contributed by atoms with Crippen molar-refractivity contribution in [3.63, 3.8) is 0 Å². The van der Waals surface area contributed by atoms with Gasteiger partial charge in [0.15, 0.2) is 0 Å². The van der Waals surface area contributed by atoms with E-state index in [-0.39, 0.29) is 51.0 Å². The molecule has 8 nitrogen and oxygen atoms in total. The number of ether oxygens (including phenoxy) is 1. The number of hydrogen-bond acceptors (Lipinski definition) is 8. The Morgan fingerprint density at radius 3 is 2.60 bits per heavy atom. The Bertz CT molecular complexity index is 1790. The summed E-state index contributed by atoms with van der Waals surface area (Å²) in [6, 6.07) is 17.2. The number of para-hydroxylation sites is 1. The minimum atomic E-state index is -3.03. The van der Waals surface area contributed by atoms with Gasteiger partial charge in [-0.05, 0) is 48.9 Å². The molecule has 0 aliphatic carbocycles. The van der Waals surface area contributed by atoms with Gasteiger partial charge in [0.2, 0.25) is 5.43 Å². The molecular weight excluding hydrogens is 523 g/mol. The first-order valence-electron chi connectivity index (χ1n) is 12.1.